The lowest BCUT2D eigenvalue weighted by Crippen LogP contribution is -2.28. The molecule has 3 rings (SSSR count). The lowest BCUT2D eigenvalue weighted by molar-refractivity contribution is -0.142. The van der Waals surface area contributed by atoms with Crippen molar-refractivity contribution in [3.05, 3.63) is 59.7 Å². The van der Waals surface area contributed by atoms with E-state index in [0.717, 1.165) is 28.3 Å². The Bertz CT molecular complexity index is 723. The number of aliphatic imine (C=N–C) groups is 1. The molecule has 0 aliphatic carbocycles. The SMILES string of the molecule is CC.COC(=O)C1Cc2ccc(Oc3ccccc3)cc2C(C)=N1. The second kappa shape index (κ2) is 8.29. The summed E-state index contributed by atoms with van der Waals surface area (Å²) in [6.07, 6.45) is 0.560. The monoisotopic (exact) mass is 325 g/mol. The van der Waals surface area contributed by atoms with Gasteiger partial charge in [-0.25, -0.2) is 4.79 Å². The number of hydrogen-bond acceptors (Lipinski definition) is 4. The van der Waals surface area contributed by atoms with Gasteiger partial charge in [-0.1, -0.05) is 38.1 Å². The molecule has 0 N–H and O–H groups in total. The third-order valence-electron chi connectivity index (χ3n) is 3.69. The molecule has 0 saturated carbocycles. The Morgan fingerprint density at radius 1 is 1.08 bits per heavy atom. The van der Waals surface area contributed by atoms with E-state index >= 15 is 0 Å². The summed E-state index contributed by atoms with van der Waals surface area (Å²) in [7, 11) is 1.39. The highest BCUT2D eigenvalue weighted by Gasteiger charge is 2.25. The van der Waals surface area contributed by atoms with Gasteiger partial charge in [0.25, 0.3) is 0 Å². The van der Waals surface area contributed by atoms with Crippen LogP contribution >= 0.6 is 0 Å². The predicted molar refractivity (Wildman–Crippen MR) is 96.0 cm³/mol. The van der Waals surface area contributed by atoms with Crippen LogP contribution in [-0.4, -0.2) is 24.8 Å². The molecule has 1 unspecified atom stereocenters. The highest BCUT2D eigenvalue weighted by molar-refractivity contribution is 6.03. The summed E-state index contributed by atoms with van der Waals surface area (Å²) in [5.74, 6) is 1.26. The minimum Gasteiger partial charge on any atom is -0.467 e. The molecule has 126 valence electrons. The van der Waals surface area contributed by atoms with Crippen LogP contribution in [0, 0.1) is 0 Å². The summed E-state index contributed by atoms with van der Waals surface area (Å²) in [4.78, 5) is 16.1. The van der Waals surface area contributed by atoms with Crippen LogP contribution in [0.5, 0.6) is 11.5 Å². The van der Waals surface area contributed by atoms with Gasteiger partial charge in [-0.05, 0) is 36.8 Å². The first-order chi connectivity index (χ1) is 11.7. The van der Waals surface area contributed by atoms with Crippen molar-refractivity contribution in [1.29, 1.82) is 0 Å². The van der Waals surface area contributed by atoms with Crippen LogP contribution in [0.3, 0.4) is 0 Å². The molecule has 1 aliphatic heterocycles. The fraction of sp³-hybridized carbons (Fsp3) is 0.300. The summed E-state index contributed by atoms with van der Waals surface area (Å²) in [6, 6.07) is 15.1. The molecule has 0 radical (unpaired) electrons. The Kier molecular flexibility index (Phi) is 6.13. The number of fused-ring (bicyclic) bond motifs is 1. The molecule has 1 aliphatic rings. The fourth-order valence-corrected chi connectivity index (χ4v) is 2.59. The van der Waals surface area contributed by atoms with Crippen molar-refractivity contribution < 1.29 is 14.3 Å². The molecule has 4 heteroatoms. The van der Waals surface area contributed by atoms with E-state index in [0.29, 0.717) is 6.42 Å². The number of esters is 1. The molecule has 0 aromatic heterocycles. The van der Waals surface area contributed by atoms with E-state index in [9.17, 15) is 4.79 Å². The number of carbonyl (C=O) groups is 1. The number of nitrogens with zero attached hydrogens (tertiary/aromatic N) is 1. The van der Waals surface area contributed by atoms with E-state index in [4.69, 9.17) is 9.47 Å². The van der Waals surface area contributed by atoms with Gasteiger partial charge in [-0.3, -0.25) is 4.99 Å². The molecule has 0 spiro atoms. The van der Waals surface area contributed by atoms with E-state index in [-0.39, 0.29) is 5.97 Å². The Hall–Kier alpha value is -2.62. The molecule has 2 aromatic carbocycles. The van der Waals surface area contributed by atoms with Gasteiger partial charge in [0.15, 0.2) is 6.04 Å². The topological polar surface area (TPSA) is 47.9 Å². The third-order valence-corrected chi connectivity index (χ3v) is 3.69. The molecule has 0 amide bonds. The molecule has 2 aromatic rings. The molecule has 0 fully saturated rings. The molecule has 1 heterocycles. The molecule has 0 bridgehead atoms. The molecule has 4 nitrogen and oxygen atoms in total. The van der Waals surface area contributed by atoms with E-state index in [1.165, 1.54) is 7.11 Å². The first kappa shape index (κ1) is 17.7. The number of benzene rings is 2. The first-order valence-electron chi connectivity index (χ1n) is 8.16. The lowest BCUT2D eigenvalue weighted by Gasteiger charge is -2.21. The summed E-state index contributed by atoms with van der Waals surface area (Å²) in [6.45, 7) is 5.90. The average molecular weight is 325 g/mol. The van der Waals surface area contributed by atoms with Crippen molar-refractivity contribution in [3.63, 3.8) is 0 Å². The number of para-hydroxylation sites is 1. The minimum atomic E-state index is -0.446. The first-order valence-corrected chi connectivity index (χ1v) is 8.16. The van der Waals surface area contributed by atoms with Gasteiger partial charge in [-0.15, -0.1) is 0 Å². The minimum absolute atomic E-state index is 0.297. The van der Waals surface area contributed by atoms with Gasteiger partial charge in [0.05, 0.1) is 7.11 Å². The van der Waals surface area contributed by atoms with Crippen LogP contribution in [-0.2, 0) is 16.0 Å². The molecular formula is C20H23NO3. The highest BCUT2D eigenvalue weighted by Crippen LogP contribution is 2.28. The molecular weight excluding hydrogens is 302 g/mol. The van der Waals surface area contributed by atoms with Gasteiger partial charge in [-0.2, -0.15) is 0 Å². The summed E-state index contributed by atoms with van der Waals surface area (Å²) in [5.41, 5.74) is 2.94. The van der Waals surface area contributed by atoms with Gasteiger partial charge in [0.1, 0.15) is 11.5 Å². The fourth-order valence-electron chi connectivity index (χ4n) is 2.59. The van der Waals surface area contributed by atoms with Crippen molar-refractivity contribution in [2.45, 2.75) is 33.2 Å². The van der Waals surface area contributed by atoms with Crippen LogP contribution in [0.25, 0.3) is 0 Å². The normalized spacial score (nSPS) is 15.3. The summed E-state index contributed by atoms with van der Waals surface area (Å²) < 4.78 is 10.6. The van der Waals surface area contributed by atoms with Crippen molar-refractivity contribution in [2.75, 3.05) is 7.11 Å². The van der Waals surface area contributed by atoms with Crippen molar-refractivity contribution in [2.24, 2.45) is 4.99 Å². The number of hydrogen-bond donors (Lipinski definition) is 0. The van der Waals surface area contributed by atoms with Crippen LogP contribution in [0.1, 0.15) is 31.9 Å². The lowest BCUT2D eigenvalue weighted by atomic mass is 9.94. The Balaban J connectivity index is 0.00000100. The third kappa shape index (κ3) is 4.02. The van der Waals surface area contributed by atoms with Crippen molar-refractivity contribution in [1.82, 2.24) is 0 Å². The second-order valence-electron chi connectivity index (χ2n) is 5.19. The zero-order valence-corrected chi connectivity index (χ0v) is 14.6. The smallest absolute Gasteiger partial charge is 0.330 e. The molecule has 1 atom stereocenters. The molecule has 24 heavy (non-hydrogen) atoms. The Morgan fingerprint density at radius 2 is 1.79 bits per heavy atom. The van der Waals surface area contributed by atoms with Crippen LogP contribution in [0.4, 0.5) is 0 Å². The zero-order chi connectivity index (χ0) is 17.5. The maximum atomic E-state index is 11.7. The molecule has 0 saturated heterocycles. The van der Waals surface area contributed by atoms with Gasteiger partial charge >= 0.3 is 5.97 Å². The second-order valence-corrected chi connectivity index (χ2v) is 5.19. The van der Waals surface area contributed by atoms with E-state index in [2.05, 4.69) is 4.99 Å². The van der Waals surface area contributed by atoms with Gasteiger partial charge in [0, 0.05) is 17.7 Å². The van der Waals surface area contributed by atoms with Crippen LogP contribution in [0.2, 0.25) is 0 Å². The zero-order valence-electron chi connectivity index (χ0n) is 14.6. The van der Waals surface area contributed by atoms with E-state index in [1.807, 2.05) is 69.3 Å². The van der Waals surface area contributed by atoms with E-state index < -0.39 is 6.04 Å². The van der Waals surface area contributed by atoms with Gasteiger partial charge in [0.2, 0.25) is 0 Å². The van der Waals surface area contributed by atoms with Crippen LogP contribution < -0.4 is 4.74 Å². The largest absolute Gasteiger partial charge is 0.467 e. The number of rotatable bonds is 3. The average Bonchev–Trinajstić information content (AvgIpc) is 2.64. The maximum absolute atomic E-state index is 11.7. The van der Waals surface area contributed by atoms with Gasteiger partial charge < -0.3 is 9.47 Å². The number of carbonyl (C=O) groups excluding carboxylic acids is 1. The Labute approximate surface area is 143 Å². The Morgan fingerprint density at radius 3 is 2.46 bits per heavy atom. The van der Waals surface area contributed by atoms with Crippen molar-refractivity contribution in [3.8, 4) is 11.5 Å². The maximum Gasteiger partial charge on any atom is 0.330 e. The van der Waals surface area contributed by atoms with E-state index in [1.54, 1.807) is 0 Å². The number of ether oxygens (including phenoxy) is 2. The summed E-state index contributed by atoms with van der Waals surface area (Å²) >= 11 is 0. The summed E-state index contributed by atoms with van der Waals surface area (Å²) in [5, 5.41) is 0. The standard InChI is InChI=1S/C18H17NO3.C2H6/c1-12-16-11-15(22-14-6-4-3-5-7-14)9-8-13(16)10-17(19-12)18(20)21-2;1-2/h3-9,11,17H,10H2,1-2H3;1-2H3. The van der Waals surface area contributed by atoms with Crippen LogP contribution in [0.15, 0.2) is 53.5 Å². The predicted octanol–water partition coefficient (Wildman–Crippen LogP) is 4.41. The van der Waals surface area contributed by atoms with Crippen molar-refractivity contribution >= 4 is 11.7 Å². The number of methoxy groups -OCH3 is 1. The quantitative estimate of drug-likeness (QED) is 0.785. The highest BCUT2D eigenvalue weighted by atomic mass is 16.5.